The van der Waals surface area contributed by atoms with Gasteiger partial charge in [-0.05, 0) is 18.5 Å². The predicted octanol–water partition coefficient (Wildman–Crippen LogP) is 1.72. The van der Waals surface area contributed by atoms with E-state index in [1.54, 1.807) is 11.3 Å². The third-order valence-electron chi connectivity index (χ3n) is 3.31. The van der Waals surface area contributed by atoms with E-state index >= 15 is 0 Å². The molecule has 5 heteroatoms. The Balaban J connectivity index is 1.60. The van der Waals surface area contributed by atoms with Gasteiger partial charge in [-0.2, -0.15) is 0 Å². The number of carbonyl (C=O) groups is 1. The number of hydrogen-bond donors (Lipinski definition) is 1. The number of nitrogens with zero attached hydrogens (tertiary/aromatic N) is 1. The van der Waals surface area contributed by atoms with Crippen LogP contribution in [0.1, 0.15) is 18.2 Å². The number of ether oxygens (including phenoxy) is 1. The van der Waals surface area contributed by atoms with Crippen LogP contribution in [0.25, 0.3) is 0 Å². The molecule has 1 saturated heterocycles. The van der Waals surface area contributed by atoms with Crippen LogP contribution in [0.2, 0.25) is 0 Å². The Hall–Kier alpha value is -0.910. The Morgan fingerprint density at radius 3 is 2.95 bits per heavy atom. The molecule has 0 radical (unpaired) electrons. The molecule has 0 saturated carbocycles. The lowest BCUT2D eigenvalue weighted by Gasteiger charge is -2.40. The topological polar surface area (TPSA) is 41.6 Å². The van der Waals surface area contributed by atoms with Crippen LogP contribution in [-0.2, 0) is 16.1 Å². The van der Waals surface area contributed by atoms with Gasteiger partial charge in [-0.1, -0.05) is 13.0 Å². The van der Waals surface area contributed by atoms with Crippen LogP contribution in [0, 0.1) is 5.41 Å². The van der Waals surface area contributed by atoms with E-state index in [-0.39, 0.29) is 11.3 Å². The monoisotopic (exact) mass is 282 g/mol. The van der Waals surface area contributed by atoms with E-state index in [2.05, 4.69) is 24.2 Å². The molecule has 1 aromatic rings. The summed E-state index contributed by atoms with van der Waals surface area (Å²) < 4.78 is 5.24. The summed E-state index contributed by atoms with van der Waals surface area (Å²) in [6, 6.07) is 4.04. The summed E-state index contributed by atoms with van der Waals surface area (Å²) in [5.41, 5.74) is 0.280. The van der Waals surface area contributed by atoms with Gasteiger partial charge < -0.3 is 15.0 Å². The first-order valence-electron chi connectivity index (χ1n) is 6.63. The highest BCUT2D eigenvalue weighted by atomic mass is 32.1. The first-order chi connectivity index (χ1) is 9.07. The molecule has 1 fully saturated rings. The zero-order valence-electron chi connectivity index (χ0n) is 11.6. The van der Waals surface area contributed by atoms with Crippen molar-refractivity contribution in [2.45, 2.75) is 19.9 Å². The summed E-state index contributed by atoms with van der Waals surface area (Å²) in [5.74, 6) is 0.121. The molecule has 1 aliphatic heterocycles. The van der Waals surface area contributed by atoms with Crippen molar-refractivity contribution in [2.75, 3.05) is 33.4 Å². The average Bonchev–Trinajstić information content (AvgIpc) is 2.85. The maximum atomic E-state index is 11.7. The second-order valence-corrected chi connectivity index (χ2v) is 6.68. The van der Waals surface area contributed by atoms with Crippen LogP contribution in [0.3, 0.4) is 0 Å². The van der Waals surface area contributed by atoms with Gasteiger partial charge in [0.2, 0.25) is 5.91 Å². The number of hydrogen-bond acceptors (Lipinski definition) is 4. The largest absolute Gasteiger partial charge is 0.380 e. The van der Waals surface area contributed by atoms with E-state index in [0.29, 0.717) is 13.0 Å². The molecular formula is C14H22N2O2S. The predicted molar refractivity (Wildman–Crippen MR) is 77.2 cm³/mol. The number of carbonyl (C=O) groups excluding carboxylic acids is 1. The third kappa shape index (κ3) is 4.60. The van der Waals surface area contributed by atoms with Gasteiger partial charge in [0.1, 0.15) is 0 Å². The lowest BCUT2D eigenvalue weighted by Crippen LogP contribution is -2.48. The van der Waals surface area contributed by atoms with Crippen LogP contribution in [-0.4, -0.2) is 44.2 Å². The highest BCUT2D eigenvalue weighted by Crippen LogP contribution is 2.27. The normalized spacial score (nSPS) is 17.2. The van der Waals surface area contributed by atoms with Crippen molar-refractivity contribution in [3.8, 4) is 0 Å². The molecule has 0 atom stereocenters. The van der Waals surface area contributed by atoms with Crippen LogP contribution in [0.5, 0.6) is 0 Å². The van der Waals surface area contributed by atoms with E-state index in [1.165, 1.54) is 4.88 Å². The van der Waals surface area contributed by atoms with Gasteiger partial charge in [-0.25, -0.2) is 0 Å². The molecule has 1 aliphatic rings. The van der Waals surface area contributed by atoms with Crippen molar-refractivity contribution < 1.29 is 9.53 Å². The van der Waals surface area contributed by atoms with Crippen molar-refractivity contribution in [3.05, 3.63) is 22.4 Å². The lowest BCUT2D eigenvalue weighted by molar-refractivity contribution is -0.123. The zero-order valence-corrected chi connectivity index (χ0v) is 12.5. The van der Waals surface area contributed by atoms with Crippen molar-refractivity contribution >= 4 is 17.2 Å². The fraction of sp³-hybridized carbons (Fsp3) is 0.643. The SMILES string of the molecule is CN(CCC(=O)NCc1cccs1)CC1(C)COC1. The molecular weight excluding hydrogens is 260 g/mol. The fourth-order valence-corrected chi connectivity index (χ4v) is 2.90. The summed E-state index contributed by atoms with van der Waals surface area (Å²) in [7, 11) is 2.07. The van der Waals surface area contributed by atoms with Crippen LogP contribution < -0.4 is 5.32 Å². The quantitative estimate of drug-likeness (QED) is 0.828. The van der Waals surface area contributed by atoms with Gasteiger partial charge in [0.15, 0.2) is 0 Å². The van der Waals surface area contributed by atoms with Crippen LogP contribution in [0.4, 0.5) is 0 Å². The Morgan fingerprint density at radius 2 is 2.37 bits per heavy atom. The molecule has 0 unspecified atom stereocenters. The average molecular weight is 282 g/mol. The van der Waals surface area contributed by atoms with Gasteiger partial charge in [0.25, 0.3) is 0 Å². The maximum absolute atomic E-state index is 11.7. The molecule has 0 aromatic carbocycles. The molecule has 4 nitrogen and oxygen atoms in total. The van der Waals surface area contributed by atoms with Gasteiger partial charge in [0, 0.05) is 29.8 Å². The van der Waals surface area contributed by atoms with Gasteiger partial charge in [-0.3, -0.25) is 4.79 Å². The zero-order chi connectivity index (χ0) is 13.7. The number of nitrogens with one attached hydrogen (secondary N) is 1. The molecule has 0 aliphatic carbocycles. The van der Waals surface area contributed by atoms with E-state index in [4.69, 9.17) is 4.74 Å². The first kappa shape index (κ1) is 14.5. The van der Waals surface area contributed by atoms with Gasteiger partial charge >= 0.3 is 0 Å². The van der Waals surface area contributed by atoms with E-state index in [9.17, 15) is 4.79 Å². The standard InChI is InChI=1S/C14H22N2O2S/c1-14(10-18-11-14)9-16(2)6-5-13(17)15-8-12-4-3-7-19-12/h3-4,7H,5-6,8-11H2,1-2H3,(H,15,17). The number of thiophene rings is 1. The first-order valence-corrected chi connectivity index (χ1v) is 7.51. The molecule has 1 N–H and O–H groups in total. The van der Waals surface area contributed by atoms with E-state index in [1.807, 2.05) is 17.5 Å². The van der Waals surface area contributed by atoms with Crippen LogP contribution >= 0.6 is 11.3 Å². The minimum atomic E-state index is 0.121. The maximum Gasteiger partial charge on any atom is 0.221 e. The second-order valence-electron chi connectivity index (χ2n) is 5.65. The van der Waals surface area contributed by atoms with Gasteiger partial charge in [-0.15, -0.1) is 11.3 Å². The van der Waals surface area contributed by atoms with Crippen molar-refractivity contribution in [2.24, 2.45) is 5.41 Å². The number of rotatable bonds is 7. The molecule has 2 rings (SSSR count). The van der Waals surface area contributed by atoms with Crippen molar-refractivity contribution in [1.29, 1.82) is 0 Å². The minimum Gasteiger partial charge on any atom is -0.380 e. The Labute approximate surface area is 118 Å². The third-order valence-corrected chi connectivity index (χ3v) is 4.19. The molecule has 0 bridgehead atoms. The molecule has 1 amide bonds. The van der Waals surface area contributed by atoms with Gasteiger partial charge in [0.05, 0.1) is 19.8 Å². The smallest absolute Gasteiger partial charge is 0.221 e. The Kier molecular flexibility index (Phi) is 4.96. The summed E-state index contributed by atoms with van der Waals surface area (Å²) in [6.45, 7) is 6.33. The fourth-order valence-electron chi connectivity index (χ4n) is 2.25. The Morgan fingerprint density at radius 1 is 1.58 bits per heavy atom. The molecule has 19 heavy (non-hydrogen) atoms. The Bertz CT molecular complexity index is 402. The summed E-state index contributed by atoms with van der Waals surface area (Å²) in [5, 5.41) is 4.98. The van der Waals surface area contributed by atoms with Crippen molar-refractivity contribution in [1.82, 2.24) is 10.2 Å². The number of amides is 1. The summed E-state index contributed by atoms with van der Waals surface area (Å²) in [6.07, 6.45) is 0.554. The van der Waals surface area contributed by atoms with E-state index < -0.39 is 0 Å². The lowest BCUT2D eigenvalue weighted by atomic mass is 9.88. The summed E-state index contributed by atoms with van der Waals surface area (Å²) >= 11 is 1.67. The molecule has 2 heterocycles. The van der Waals surface area contributed by atoms with E-state index in [0.717, 1.165) is 26.3 Å². The highest BCUT2D eigenvalue weighted by Gasteiger charge is 2.34. The van der Waals surface area contributed by atoms with Crippen LogP contribution in [0.15, 0.2) is 17.5 Å². The minimum absolute atomic E-state index is 0.121. The molecule has 1 aromatic heterocycles. The summed E-state index contributed by atoms with van der Waals surface area (Å²) in [4.78, 5) is 15.1. The molecule has 0 spiro atoms. The van der Waals surface area contributed by atoms with Crippen molar-refractivity contribution in [3.63, 3.8) is 0 Å². The highest BCUT2D eigenvalue weighted by molar-refractivity contribution is 7.09. The second kappa shape index (κ2) is 6.50. The molecule has 106 valence electrons.